The molecule has 1 atom stereocenters. The lowest BCUT2D eigenvalue weighted by Crippen LogP contribution is -2.32. The van der Waals surface area contributed by atoms with Crippen LogP contribution in [-0.2, 0) is 6.54 Å². The minimum Gasteiger partial charge on any atom is -0.444 e. The molecule has 0 spiro atoms. The van der Waals surface area contributed by atoms with Gasteiger partial charge in [0.25, 0.3) is 0 Å². The molecule has 2 aromatic rings. The molecule has 2 heterocycles. The van der Waals surface area contributed by atoms with Crippen LogP contribution in [0.25, 0.3) is 11.5 Å². The summed E-state index contributed by atoms with van der Waals surface area (Å²) in [6, 6.07) is 8.12. The van der Waals surface area contributed by atoms with Crippen molar-refractivity contribution in [2.75, 3.05) is 20.1 Å². The lowest BCUT2D eigenvalue weighted by atomic mass is 10.2. The highest BCUT2D eigenvalue weighted by Gasteiger charge is 2.20. The van der Waals surface area contributed by atoms with E-state index in [0.717, 1.165) is 30.9 Å². The summed E-state index contributed by atoms with van der Waals surface area (Å²) in [7, 11) is 2.13. The Hall–Kier alpha value is -1.07. The van der Waals surface area contributed by atoms with Gasteiger partial charge in [0.05, 0.1) is 5.69 Å². The molecule has 1 aromatic carbocycles. The zero-order valence-corrected chi connectivity index (χ0v) is 13.5. The number of benzene rings is 1. The van der Waals surface area contributed by atoms with E-state index >= 15 is 0 Å². The molecule has 1 aliphatic rings. The molecule has 1 unspecified atom stereocenters. The van der Waals surface area contributed by atoms with Gasteiger partial charge in [-0.15, -0.1) is 12.4 Å². The second-order valence-electron chi connectivity index (χ2n) is 5.21. The second kappa shape index (κ2) is 7.27. The molecular formula is C15H19Cl2N3O. The van der Waals surface area contributed by atoms with Crippen molar-refractivity contribution in [3.63, 3.8) is 0 Å². The first kappa shape index (κ1) is 16.3. The summed E-state index contributed by atoms with van der Waals surface area (Å²) in [6.45, 7) is 2.96. The molecule has 0 saturated carbocycles. The van der Waals surface area contributed by atoms with E-state index in [-0.39, 0.29) is 12.4 Å². The minimum absolute atomic E-state index is 0. The van der Waals surface area contributed by atoms with E-state index in [1.165, 1.54) is 6.42 Å². The molecule has 4 nitrogen and oxygen atoms in total. The molecule has 3 rings (SSSR count). The zero-order chi connectivity index (χ0) is 13.9. The molecule has 6 heteroatoms. The maximum absolute atomic E-state index is 5.88. The molecule has 114 valence electrons. The SMILES string of the molecule is CN(Cc1coc(-c2ccc(Cl)cc2)n1)C1CCNC1.Cl. The monoisotopic (exact) mass is 327 g/mol. The second-order valence-corrected chi connectivity index (χ2v) is 5.65. The van der Waals surface area contributed by atoms with Crippen molar-refractivity contribution in [1.29, 1.82) is 0 Å². The normalized spacial score (nSPS) is 18.0. The van der Waals surface area contributed by atoms with Gasteiger partial charge in [0, 0.05) is 29.7 Å². The van der Waals surface area contributed by atoms with Crippen LogP contribution in [0, 0.1) is 0 Å². The van der Waals surface area contributed by atoms with E-state index in [1.807, 2.05) is 24.3 Å². The fraction of sp³-hybridized carbons (Fsp3) is 0.400. The van der Waals surface area contributed by atoms with Crippen molar-refractivity contribution in [3.8, 4) is 11.5 Å². The highest BCUT2D eigenvalue weighted by molar-refractivity contribution is 6.30. The smallest absolute Gasteiger partial charge is 0.226 e. The van der Waals surface area contributed by atoms with E-state index in [4.69, 9.17) is 16.0 Å². The number of halogens is 2. The van der Waals surface area contributed by atoms with Gasteiger partial charge in [-0.3, -0.25) is 4.90 Å². The predicted octanol–water partition coefficient (Wildman–Crippen LogP) is 3.21. The number of nitrogens with one attached hydrogen (secondary N) is 1. The van der Waals surface area contributed by atoms with E-state index in [2.05, 4.69) is 22.2 Å². The summed E-state index contributed by atoms with van der Waals surface area (Å²) in [6.07, 6.45) is 2.93. The highest BCUT2D eigenvalue weighted by atomic mass is 35.5. The van der Waals surface area contributed by atoms with E-state index in [1.54, 1.807) is 6.26 Å². The first-order chi connectivity index (χ1) is 9.72. The number of oxazole rings is 1. The third-order valence-corrected chi connectivity index (χ3v) is 3.96. The Bertz CT molecular complexity index is 565. The van der Waals surface area contributed by atoms with Crippen molar-refractivity contribution in [2.24, 2.45) is 0 Å². The lowest BCUT2D eigenvalue weighted by Gasteiger charge is -2.21. The third kappa shape index (κ3) is 3.98. The van der Waals surface area contributed by atoms with Crippen molar-refractivity contribution in [3.05, 3.63) is 41.2 Å². The summed E-state index contributed by atoms with van der Waals surface area (Å²) >= 11 is 5.88. The minimum atomic E-state index is 0. The Morgan fingerprint density at radius 2 is 2.14 bits per heavy atom. The topological polar surface area (TPSA) is 41.3 Å². The molecule has 0 aliphatic carbocycles. The summed E-state index contributed by atoms with van der Waals surface area (Å²) in [4.78, 5) is 6.87. The maximum atomic E-state index is 5.88. The van der Waals surface area contributed by atoms with Gasteiger partial charge >= 0.3 is 0 Å². The van der Waals surface area contributed by atoms with Gasteiger partial charge < -0.3 is 9.73 Å². The molecular weight excluding hydrogens is 309 g/mol. The quantitative estimate of drug-likeness (QED) is 0.936. The molecule has 1 fully saturated rings. The average molecular weight is 328 g/mol. The number of aromatic nitrogens is 1. The summed E-state index contributed by atoms with van der Waals surface area (Å²) in [5, 5.41) is 4.09. The van der Waals surface area contributed by atoms with Crippen LogP contribution < -0.4 is 5.32 Å². The summed E-state index contributed by atoms with van der Waals surface area (Å²) < 4.78 is 5.56. The maximum Gasteiger partial charge on any atom is 0.226 e. The van der Waals surface area contributed by atoms with Crippen LogP contribution in [0.3, 0.4) is 0 Å². The predicted molar refractivity (Wildman–Crippen MR) is 86.9 cm³/mol. The molecule has 0 radical (unpaired) electrons. The molecule has 1 saturated heterocycles. The third-order valence-electron chi connectivity index (χ3n) is 3.71. The average Bonchev–Trinajstić information content (AvgIpc) is 3.10. The Morgan fingerprint density at radius 1 is 1.38 bits per heavy atom. The molecule has 21 heavy (non-hydrogen) atoms. The highest BCUT2D eigenvalue weighted by Crippen LogP contribution is 2.21. The van der Waals surface area contributed by atoms with Crippen LogP contribution >= 0.6 is 24.0 Å². The summed E-state index contributed by atoms with van der Waals surface area (Å²) in [5.41, 5.74) is 1.91. The number of hydrogen-bond donors (Lipinski definition) is 1. The van der Waals surface area contributed by atoms with Gasteiger partial charge in [-0.2, -0.15) is 0 Å². The Balaban J connectivity index is 0.00000161. The van der Waals surface area contributed by atoms with Gasteiger partial charge in [-0.25, -0.2) is 4.98 Å². The Kier molecular flexibility index (Phi) is 5.65. The van der Waals surface area contributed by atoms with Crippen molar-refractivity contribution >= 4 is 24.0 Å². The van der Waals surface area contributed by atoms with Gasteiger partial charge in [0.15, 0.2) is 0 Å². The first-order valence-electron chi connectivity index (χ1n) is 6.83. The van der Waals surface area contributed by atoms with E-state index < -0.39 is 0 Å². The molecule has 0 bridgehead atoms. The number of nitrogens with zero attached hydrogens (tertiary/aromatic N) is 2. The summed E-state index contributed by atoms with van der Waals surface area (Å²) in [5.74, 6) is 0.648. The van der Waals surface area contributed by atoms with Crippen molar-refractivity contribution in [2.45, 2.75) is 19.0 Å². The van der Waals surface area contributed by atoms with Crippen LogP contribution in [0.15, 0.2) is 34.9 Å². The van der Waals surface area contributed by atoms with Crippen molar-refractivity contribution in [1.82, 2.24) is 15.2 Å². The zero-order valence-electron chi connectivity index (χ0n) is 11.9. The van der Waals surface area contributed by atoms with Gasteiger partial charge in [0.1, 0.15) is 6.26 Å². The standard InChI is InChI=1S/C15H18ClN3O.ClH/c1-19(14-6-7-17-8-14)9-13-10-20-15(18-13)11-2-4-12(16)5-3-11;/h2-5,10,14,17H,6-9H2,1H3;1H. The molecule has 0 amide bonds. The van der Waals surface area contributed by atoms with Gasteiger partial charge in [0.2, 0.25) is 5.89 Å². The first-order valence-corrected chi connectivity index (χ1v) is 7.21. The van der Waals surface area contributed by atoms with Gasteiger partial charge in [-0.05, 0) is 44.3 Å². The number of hydrogen-bond acceptors (Lipinski definition) is 4. The fourth-order valence-corrected chi connectivity index (χ4v) is 2.63. The lowest BCUT2D eigenvalue weighted by molar-refractivity contribution is 0.246. The van der Waals surface area contributed by atoms with E-state index in [9.17, 15) is 0 Å². The Morgan fingerprint density at radius 3 is 2.81 bits per heavy atom. The van der Waals surface area contributed by atoms with Crippen molar-refractivity contribution < 1.29 is 4.42 Å². The van der Waals surface area contributed by atoms with Crippen LogP contribution in [0.2, 0.25) is 5.02 Å². The Labute approximate surface area is 135 Å². The number of likely N-dealkylation sites (N-methyl/N-ethyl adjacent to an activating group) is 1. The fourth-order valence-electron chi connectivity index (χ4n) is 2.50. The van der Waals surface area contributed by atoms with Gasteiger partial charge in [-0.1, -0.05) is 11.6 Å². The van der Waals surface area contributed by atoms with Crippen LogP contribution in [-0.4, -0.2) is 36.1 Å². The molecule has 1 N–H and O–H groups in total. The van der Waals surface area contributed by atoms with Crippen LogP contribution in [0.5, 0.6) is 0 Å². The van der Waals surface area contributed by atoms with E-state index in [0.29, 0.717) is 17.0 Å². The van der Waals surface area contributed by atoms with Crippen LogP contribution in [0.4, 0.5) is 0 Å². The molecule has 1 aromatic heterocycles. The molecule has 1 aliphatic heterocycles. The van der Waals surface area contributed by atoms with Crippen LogP contribution in [0.1, 0.15) is 12.1 Å². The largest absolute Gasteiger partial charge is 0.444 e. The number of rotatable bonds is 4.